The van der Waals surface area contributed by atoms with Crippen LogP contribution in [0.1, 0.15) is 6.92 Å². The van der Waals surface area contributed by atoms with Crippen LogP contribution in [-0.4, -0.2) is 28.9 Å². The molecule has 1 aromatic rings. The number of aliphatic hydroxyl groups is 2. The van der Waals surface area contributed by atoms with Gasteiger partial charge in [0.15, 0.2) is 0 Å². The lowest BCUT2D eigenvalue weighted by atomic mass is 10.1. The molecule has 1 aliphatic rings. The fourth-order valence-electron chi connectivity index (χ4n) is 1.88. The first kappa shape index (κ1) is 12.4. The summed E-state index contributed by atoms with van der Waals surface area (Å²) in [4.78, 5) is 5.45. The maximum atomic E-state index is 10.1. The Morgan fingerprint density at radius 3 is 2.72 bits per heavy atom. The number of nitrogen functional groups attached to an aromatic ring is 1. The minimum atomic E-state index is -2.23. The Morgan fingerprint density at radius 1 is 1.44 bits per heavy atom. The molecule has 96 valence electrons. The van der Waals surface area contributed by atoms with Crippen LogP contribution in [0.4, 0.5) is 17.1 Å². The SMILES string of the molecule is C/C(N)=C/C1=Nc2cccc(N)c2N(C)C1(O)O. The van der Waals surface area contributed by atoms with Crippen molar-refractivity contribution in [3.63, 3.8) is 0 Å². The van der Waals surface area contributed by atoms with Gasteiger partial charge in [-0.3, -0.25) is 0 Å². The first-order chi connectivity index (χ1) is 8.34. The summed E-state index contributed by atoms with van der Waals surface area (Å²) in [6.45, 7) is 1.65. The number of para-hydroxylation sites is 1. The van der Waals surface area contributed by atoms with Gasteiger partial charge in [0.25, 0.3) is 5.91 Å². The molecule has 0 bridgehead atoms. The number of benzene rings is 1. The molecule has 1 heterocycles. The summed E-state index contributed by atoms with van der Waals surface area (Å²) in [6.07, 6.45) is 1.42. The van der Waals surface area contributed by atoms with Gasteiger partial charge < -0.3 is 26.6 Å². The first-order valence-corrected chi connectivity index (χ1v) is 5.44. The Bertz CT molecular complexity index is 545. The number of fused-ring (bicyclic) bond motifs is 1. The largest absolute Gasteiger partial charge is 0.402 e. The molecular formula is C12H16N4O2. The lowest BCUT2D eigenvalue weighted by Gasteiger charge is -2.38. The third kappa shape index (κ3) is 1.81. The zero-order valence-corrected chi connectivity index (χ0v) is 10.3. The van der Waals surface area contributed by atoms with Crippen LogP contribution in [0.15, 0.2) is 35.0 Å². The molecule has 6 N–H and O–H groups in total. The maximum Gasteiger partial charge on any atom is 0.293 e. The lowest BCUT2D eigenvalue weighted by Crippen LogP contribution is -2.54. The molecule has 0 aromatic heterocycles. The van der Waals surface area contributed by atoms with Gasteiger partial charge in [-0.15, -0.1) is 0 Å². The van der Waals surface area contributed by atoms with Crippen LogP contribution in [0.3, 0.4) is 0 Å². The van der Waals surface area contributed by atoms with Crippen LogP contribution >= 0.6 is 0 Å². The van der Waals surface area contributed by atoms with Crippen molar-refractivity contribution in [3.05, 3.63) is 30.0 Å². The number of hydrogen-bond acceptors (Lipinski definition) is 6. The van der Waals surface area contributed by atoms with Gasteiger partial charge in [0.1, 0.15) is 5.71 Å². The van der Waals surface area contributed by atoms with Crippen LogP contribution in [0.5, 0.6) is 0 Å². The molecule has 0 atom stereocenters. The summed E-state index contributed by atoms with van der Waals surface area (Å²) in [6, 6.07) is 5.18. The van der Waals surface area contributed by atoms with Crippen LogP contribution in [0.2, 0.25) is 0 Å². The van der Waals surface area contributed by atoms with Crippen molar-refractivity contribution >= 4 is 22.8 Å². The standard InChI is InChI=1S/C12H16N4O2/c1-7(13)6-10-12(17,18)16(2)11-8(14)4-3-5-9(11)15-10/h3-6,17-18H,13-14H2,1-2H3/b7-6-. The highest BCUT2D eigenvalue weighted by Crippen LogP contribution is 2.40. The van der Waals surface area contributed by atoms with Gasteiger partial charge in [0.05, 0.1) is 17.1 Å². The van der Waals surface area contributed by atoms with E-state index in [1.807, 2.05) is 0 Å². The summed E-state index contributed by atoms with van der Waals surface area (Å²) < 4.78 is 0. The lowest BCUT2D eigenvalue weighted by molar-refractivity contribution is -0.0957. The van der Waals surface area contributed by atoms with Crippen molar-refractivity contribution in [2.45, 2.75) is 12.8 Å². The van der Waals surface area contributed by atoms with E-state index in [2.05, 4.69) is 4.99 Å². The third-order valence-electron chi connectivity index (χ3n) is 2.80. The molecule has 6 nitrogen and oxygen atoms in total. The third-order valence-corrected chi connectivity index (χ3v) is 2.80. The topological polar surface area (TPSA) is 108 Å². The summed E-state index contributed by atoms with van der Waals surface area (Å²) >= 11 is 0. The van der Waals surface area contributed by atoms with Gasteiger partial charge >= 0.3 is 0 Å². The fourth-order valence-corrected chi connectivity index (χ4v) is 1.88. The average molecular weight is 248 g/mol. The van der Waals surface area contributed by atoms with Gasteiger partial charge in [-0.2, -0.15) is 0 Å². The van der Waals surface area contributed by atoms with E-state index in [0.717, 1.165) is 0 Å². The number of allylic oxidation sites excluding steroid dienone is 1. The number of nitrogens with two attached hydrogens (primary N) is 2. The van der Waals surface area contributed by atoms with Crippen LogP contribution in [0.25, 0.3) is 0 Å². The maximum absolute atomic E-state index is 10.1. The molecule has 6 heteroatoms. The van der Waals surface area contributed by atoms with Gasteiger partial charge in [0.2, 0.25) is 0 Å². The van der Waals surface area contributed by atoms with E-state index in [0.29, 0.717) is 22.8 Å². The molecule has 0 radical (unpaired) electrons. The normalized spacial score (nSPS) is 18.3. The van der Waals surface area contributed by atoms with Crippen LogP contribution in [0, 0.1) is 0 Å². The highest BCUT2D eigenvalue weighted by molar-refractivity contribution is 6.08. The average Bonchev–Trinajstić information content (AvgIpc) is 2.25. The Kier molecular flexibility index (Phi) is 2.76. The van der Waals surface area contributed by atoms with Crippen molar-refractivity contribution in [2.75, 3.05) is 17.7 Å². The van der Waals surface area contributed by atoms with Gasteiger partial charge in [-0.1, -0.05) is 6.07 Å². The monoisotopic (exact) mass is 248 g/mol. The highest BCUT2D eigenvalue weighted by atomic mass is 16.5. The summed E-state index contributed by atoms with van der Waals surface area (Å²) in [5.41, 5.74) is 13.4. The number of aliphatic imine (C=N–C) groups is 1. The molecule has 0 spiro atoms. The van der Waals surface area contributed by atoms with E-state index in [1.165, 1.54) is 18.0 Å². The second-order valence-corrected chi connectivity index (χ2v) is 4.29. The number of anilines is 2. The molecular weight excluding hydrogens is 232 g/mol. The number of nitrogens with zero attached hydrogens (tertiary/aromatic N) is 2. The molecule has 2 rings (SSSR count). The molecule has 0 saturated heterocycles. The highest BCUT2D eigenvalue weighted by Gasteiger charge is 2.40. The van der Waals surface area contributed by atoms with Crippen molar-refractivity contribution in [3.8, 4) is 0 Å². The molecule has 0 unspecified atom stereocenters. The summed E-state index contributed by atoms with van der Waals surface area (Å²) in [7, 11) is 1.53. The van der Waals surface area contributed by atoms with Crippen molar-refractivity contribution in [2.24, 2.45) is 10.7 Å². The summed E-state index contributed by atoms with van der Waals surface area (Å²) in [5, 5.41) is 20.2. The van der Waals surface area contributed by atoms with E-state index in [9.17, 15) is 10.2 Å². The molecule has 0 amide bonds. The zero-order chi connectivity index (χ0) is 13.5. The van der Waals surface area contributed by atoms with E-state index in [-0.39, 0.29) is 5.71 Å². The molecule has 0 saturated carbocycles. The minimum absolute atomic E-state index is 0.0584. The predicted molar refractivity (Wildman–Crippen MR) is 71.5 cm³/mol. The van der Waals surface area contributed by atoms with Gasteiger partial charge in [-0.25, -0.2) is 4.99 Å². The van der Waals surface area contributed by atoms with Crippen molar-refractivity contribution in [1.29, 1.82) is 0 Å². The molecule has 1 aliphatic heterocycles. The first-order valence-electron chi connectivity index (χ1n) is 5.44. The molecule has 1 aromatic carbocycles. The minimum Gasteiger partial charge on any atom is -0.402 e. The van der Waals surface area contributed by atoms with Gasteiger partial charge in [-0.05, 0) is 25.1 Å². The Morgan fingerprint density at radius 2 is 2.11 bits per heavy atom. The van der Waals surface area contributed by atoms with Crippen LogP contribution in [-0.2, 0) is 0 Å². The second-order valence-electron chi connectivity index (χ2n) is 4.29. The predicted octanol–water partition coefficient (Wildman–Crippen LogP) is 0.292. The Balaban J connectivity index is 2.67. The second kappa shape index (κ2) is 4.01. The summed E-state index contributed by atoms with van der Waals surface area (Å²) in [5.74, 6) is -2.23. The molecule has 0 aliphatic carbocycles. The van der Waals surface area contributed by atoms with E-state index in [4.69, 9.17) is 11.5 Å². The number of rotatable bonds is 1. The fraction of sp³-hybridized carbons (Fsp3) is 0.250. The van der Waals surface area contributed by atoms with E-state index >= 15 is 0 Å². The van der Waals surface area contributed by atoms with Crippen LogP contribution < -0.4 is 16.4 Å². The zero-order valence-electron chi connectivity index (χ0n) is 10.3. The Labute approximate surface area is 105 Å². The quantitative estimate of drug-likeness (QED) is 0.422. The molecule has 0 fully saturated rings. The molecule has 18 heavy (non-hydrogen) atoms. The van der Waals surface area contributed by atoms with E-state index < -0.39 is 5.91 Å². The van der Waals surface area contributed by atoms with E-state index in [1.54, 1.807) is 25.1 Å². The smallest absolute Gasteiger partial charge is 0.293 e. The van der Waals surface area contributed by atoms with Crippen molar-refractivity contribution in [1.82, 2.24) is 0 Å². The van der Waals surface area contributed by atoms with Crippen molar-refractivity contribution < 1.29 is 10.2 Å². The van der Waals surface area contributed by atoms with Gasteiger partial charge in [0, 0.05) is 12.7 Å². The number of hydrogen-bond donors (Lipinski definition) is 4. The Hall–Kier alpha value is -2.05.